The number of rotatable bonds is 8. The second-order valence-electron chi connectivity index (χ2n) is 6.55. The number of fused-ring (bicyclic) bond motifs is 2. The maximum absolute atomic E-state index is 13.2. The first-order chi connectivity index (χ1) is 14.5. The summed E-state index contributed by atoms with van der Waals surface area (Å²) in [6.07, 6.45) is -0.527. The van der Waals surface area contributed by atoms with Crippen molar-refractivity contribution in [3.8, 4) is 0 Å². The molecule has 0 saturated carbocycles. The molecule has 0 bridgehead atoms. The summed E-state index contributed by atoms with van der Waals surface area (Å²) in [6, 6.07) is 11.8. The SMILES string of the molecule is CCOC(CNC(=O)c1ccc2c(c1)N(CC)C(=O)c1ccccc1[S@@]2=O)OCC. The Morgan fingerprint density at radius 2 is 1.77 bits per heavy atom. The van der Waals surface area contributed by atoms with Gasteiger partial charge in [0.25, 0.3) is 11.8 Å². The molecule has 1 N–H and O–H groups in total. The average Bonchev–Trinajstić information content (AvgIpc) is 2.85. The van der Waals surface area contributed by atoms with Gasteiger partial charge in [0.15, 0.2) is 6.29 Å². The van der Waals surface area contributed by atoms with Crippen molar-refractivity contribution in [3.63, 3.8) is 0 Å². The Labute approximate surface area is 178 Å². The van der Waals surface area contributed by atoms with Crippen molar-refractivity contribution in [3.05, 3.63) is 53.6 Å². The normalized spacial score (nSPS) is 15.5. The molecule has 1 heterocycles. The van der Waals surface area contributed by atoms with Crippen molar-refractivity contribution >= 4 is 28.3 Å². The van der Waals surface area contributed by atoms with Crippen LogP contribution in [0.25, 0.3) is 0 Å². The summed E-state index contributed by atoms with van der Waals surface area (Å²) in [5, 5.41) is 2.80. The molecule has 1 atom stereocenters. The summed E-state index contributed by atoms with van der Waals surface area (Å²) >= 11 is 0. The van der Waals surface area contributed by atoms with Gasteiger partial charge in [-0.15, -0.1) is 0 Å². The highest BCUT2D eigenvalue weighted by molar-refractivity contribution is 7.85. The minimum Gasteiger partial charge on any atom is -0.351 e. The van der Waals surface area contributed by atoms with Crippen LogP contribution < -0.4 is 10.2 Å². The molecule has 1 aliphatic heterocycles. The third-order valence-electron chi connectivity index (χ3n) is 4.72. The van der Waals surface area contributed by atoms with Crippen LogP contribution in [0.4, 0.5) is 5.69 Å². The van der Waals surface area contributed by atoms with Gasteiger partial charge >= 0.3 is 0 Å². The zero-order valence-corrected chi connectivity index (χ0v) is 18.2. The van der Waals surface area contributed by atoms with Crippen LogP contribution in [0.5, 0.6) is 0 Å². The lowest BCUT2D eigenvalue weighted by Gasteiger charge is -2.22. The molecule has 160 valence electrons. The molecule has 30 heavy (non-hydrogen) atoms. The van der Waals surface area contributed by atoms with Crippen LogP contribution in [-0.2, 0) is 20.3 Å². The maximum atomic E-state index is 13.2. The van der Waals surface area contributed by atoms with Crippen molar-refractivity contribution in [2.45, 2.75) is 36.9 Å². The molecule has 0 radical (unpaired) electrons. The quantitative estimate of drug-likeness (QED) is 0.651. The topological polar surface area (TPSA) is 84.9 Å². The number of amides is 2. The molecular weight excluding hydrogens is 404 g/mol. The van der Waals surface area contributed by atoms with E-state index < -0.39 is 17.1 Å². The third-order valence-corrected chi connectivity index (χ3v) is 6.22. The van der Waals surface area contributed by atoms with Crippen LogP contribution in [0.2, 0.25) is 0 Å². The van der Waals surface area contributed by atoms with Crippen LogP contribution in [-0.4, -0.2) is 48.6 Å². The molecule has 0 spiro atoms. The molecule has 8 heteroatoms. The van der Waals surface area contributed by atoms with Gasteiger partial charge in [-0.3, -0.25) is 9.59 Å². The predicted molar refractivity (Wildman–Crippen MR) is 114 cm³/mol. The molecule has 2 amide bonds. The molecule has 3 rings (SSSR count). The largest absolute Gasteiger partial charge is 0.351 e. The van der Waals surface area contributed by atoms with E-state index in [1.807, 2.05) is 20.8 Å². The number of anilines is 1. The van der Waals surface area contributed by atoms with Gasteiger partial charge in [0.05, 0.1) is 38.4 Å². The molecule has 0 aromatic heterocycles. The smallest absolute Gasteiger partial charge is 0.259 e. The number of carbonyl (C=O) groups excluding carboxylic acids is 2. The molecule has 0 saturated heterocycles. The van der Waals surface area contributed by atoms with E-state index in [0.717, 1.165) is 0 Å². The molecule has 0 fully saturated rings. The van der Waals surface area contributed by atoms with Crippen LogP contribution in [0.3, 0.4) is 0 Å². The van der Waals surface area contributed by atoms with Gasteiger partial charge in [-0.25, -0.2) is 4.21 Å². The second-order valence-corrected chi connectivity index (χ2v) is 7.96. The predicted octanol–water partition coefficient (Wildman–Crippen LogP) is 2.96. The first kappa shape index (κ1) is 22.1. The Morgan fingerprint density at radius 1 is 1.07 bits per heavy atom. The highest BCUT2D eigenvalue weighted by Crippen LogP contribution is 2.35. The molecule has 0 unspecified atom stereocenters. The van der Waals surface area contributed by atoms with Gasteiger partial charge in [-0.2, -0.15) is 0 Å². The molecule has 2 aromatic rings. The Kier molecular flexibility index (Phi) is 7.36. The number of benzene rings is 2. The standard InChI is InChI=1S/C22H26N2O5S/c1-4-24-17-13-15(21(25)23-14-20(28-5-2)29-6-3)11-12-19(17)30(27)18-10-8-7-9-16(18)22(24)26/h7-13,20H,4-6,14H2,1-3H3,(H,23,25)/t30-/m0/s1. The monoisotopic (exact) mass is 430 g/mol. The Morgan fingerprint density at radius 3 is 2.43 bits per heavy atom. The maximum Gasteiger partial charge on any atom is 0.259 e. The lowest BCUT2D eigenvalue weighted by Crippen LogP contribution is -2.35. The first-order valence-corrected chi connectivity index (χ1v) is 11.1. The Balaban J connectivity index is 1.91. The lowest BCUT2D eigenvalue weighted by atomic mass is 10.1. The minimum absolute atomic E-state index is 0.200. The summed E-state index contributed by atoms with van der Waals surface area (Å²) in [5.74, 6) is -0.552. The van der Waals surface area contributed by atoms with E-state index in [1.54, 1.807) is 47.4 Å². The fourth-order valence-electron chi connectivity index (χ4n) is 3.33. The van der Waals surface area contributed by atoms with Crippen molar-refractivity contribution in [1.82, 2.24) is 5.32 Å². The van der Waals surface area contributed by atoms with Crippen molar-refractivity contribution in [2.75, 3.05) is 31.2 Å². The van der Waals surface area contributed by atoms with E-state index in [4.69, 9.17) is 9.47 Å². The zero-order chi connectivity index (χ0) is 21.7. The number of ether oxygens (including phenoxy) is 2. The summed E-state index contributed by atoms with van der Waals surface area (Å²) in [7, 11) is -1.52. The summed E-state index contributed by atoms with van der Waals surface area (Å²) in [6.45, 7) is 7.09. The number of nitrogens with one attached hydrogen (secondary N) is 1. The minimum atomic E-state index is -1.52. The molecule has 7 nitrogen and oxygen atoms in total. The summed E-state index contributed by atoms with van der Waals surface area (Å²) in [4.78, 5) is 28.3. The Hall–Kier alpha value is -2.55. The van der Waals surface area contributed by atoms with Gasteiger partial charge in [-0.1, -0.05) is 12.1 Å². The van der Waals surface area contributed by atoms with Gasteiger partial charge in [0.2, 0.25) is 0 Å². The fourth-order valence-corrected chi connectivity index (χ4v) is 4.68. The molecular formula is C22H26N2O5S. The number of hydrogen-bond acceptors (Lipinski definition) is 5. The van der Waals surface area contributed by atoms with Crippen LogP contribution in [0, 0.1) is 0 Å². The summed E-state index contributed by atoms with van der Waals surface area (Å²) in [5.41, 5.74) is 1.27. The van der Waals surface area contributed by atoms with Crippen molar-refractivity contribution < 1.29 is 23.3 Å². The van der Waals surface area contributed by atoms with E-state index in [1.165, 1.54) is 0 Å². The Bertz CT molecular complexity index is 956. The summed E-state index contributed by atoms with van der Waals surface area (Å²) < 4.78 is 24.1. The zero-order valence-electron chi connectivity index (χ0n) is 17.3. The first-order valence-electron chi connectivity index (χ1n) is 9.99. The van der Waals surface area contributed by atoms with Crippen LogP contribution in [0.1, 0.15) is 41.5 Å². The van der Waals surface area contributed by atoms with E-state index in [9.17, 15) is 13.8 Å². The average molecular weight is 431 g/mol. The van der Waals surface area contributed by atoms with E-state index in [-0.39, 0.29) is 18.4 Å². The third kappa shape index (κ3) is 4.45. The molecule has 1 aliphatic rings. The van der Waals surface area contributed by atoms with Crippen molar-refractivity contribution in [1.29, 1.82) is 0 Å². The van der Waals surface area contributed by atoms with Crippen LogP contribution >= 0.6 is 0 Å². The lowest BCUT2D eigenvalue weighted by molar-refractivity contribution is -0.131. The fraction of sp³-hybridized carbons (Fsp3) is 0.364. The highest BCUT2D eigenvalue weighted by atomic mass is 32.2. The van der Waals surface area contributed by atoms with E-state index in [0.29, 0.717) is 46.4 Å². The molecule has 2 aromatic carbocycles. The van der Waals surface area contributed by atoms with Crippen LogP contribution in [0.15, 0.2) is 52.3 Å². The van der Waals surface area contributed by atoms with Gasteiger partial charge in [0.1, 0.15) is 0 Å². The van der Waals surface area contributed by atoms with Gasteiger partial charge < -0.3 is 19.7 Å². The van der Waals surface area contributed by atoms with Gasteiger partial charge in [0, 0.05) is 25.3 Å². The van der Waals surface area contributed by atoms with Gasteiger partial charge in [-0.05, 0) is 51.1 Å². The van der Waals surface area contributed by atoms with E-state index in [2.05, 4.69) is 5.32 Å². The number of carbonyl (C=O) groups is 2. The molecule has 0 aliphatic carbocycles. The number of hydrogen-bond donors (Lipinski definition) is 1. The van der Waals surface area contributed by atoms with E-state index >= 15 is 0 Å². The number of nitrogens with zero attached hydrogens (tertiary/aromatic N) is 1. The highest BCUT2D eigenvalue weighted by Gasteiger charge is 2.30. The van der Waals surface area contributed by atoms with Crippen molar-refractivity contribution in [2.24, 2.45) is 0 Å². The second kappa shape index (κ2) is 9.97.